The first kappa shape index (κ1) is 17.9. The van der Waals surface area contributed by atoms with Crippen molar-refractivity contribution in [2.24, 2.45) is 0 Å². The number of benzene rings is 1. The monoisotopic (exact) mass is 353 g/mol. The number of carbonyl (C=O) groups excluding carboxylic acids is 1. The SMILES string of the molecule is CCO[C@@H]1CCCN(C(=O)Nc2cc(F)c(N3CCCC3)c(F)c2)C1. The molecule has 2 saturated heterocycles. The summed E-state index contributed by atoms with van der Waals surface area (Å²) >= 11 is 0. The molecule has 0 saturated carbocycles. The molecule has 1 aromatic rings. The van der Waals surface area contributed by atoms with Crippen LogP contribution in [0, 0.1) is 11.6 Å². The van der Waals surface area contributed by atoms with E-state index in [1.807, 2.05) is 6.92 Å². The lowest BCUT2D eigenvalue weighted by atomic mass is 10.1. The van der Waals surface area contributed by atoms with Crippen LogP contribution in [0.1, 0.15) is 32.6 Å². The van der Waals surface area contributed by atoms with E-state index in [1.165, 1.54) is 12.1 Å². The fraction of sp³-hybridized carbons (Fsp3) is 0.611. The van der Waals surface area contributed by atoms with E-state index < -0.39 is 11.6 Å². The minimum atomic E-state index is -0.636. The number of rotatable bonds is 4. The van der Waals surface area contributed by atoms with Crippen molar-refractivity contribution >= 4 is 17.4 Å². The first-order valence-electron chi connectivity index (χ1n) is 9.00. The van der Waals surface area contributed by atoms with E-state index in [-0.39, 0.29) is 23.5 Å². The normalized spacial score (nSPS) is 20.8. The molecule has 0 unspecified atom stereocenters. The molecule has 2 fully saturated rings. The van der Waals surface area contributed by atoms with Crippen LogP contribution in [-0.2, 0) is 4.74 Å². The van der Waals surface area contributed by atoms with Crippen molar-refractivity contribution in [2.75, 3.05) is 43.0 Å². The smallest absolute Gasteiger partial charge is 0.321 e. The Hall–Kier alpha value is -1.89. The standard InChI is InChI=1S/C18H25F2N3O2/c1-2-25-14-6-5-9-23(12-14)18(24)21-13-10-15(19)17(16(20)11-13)22-7-3-4-8-22/h10-11,14H,2-9,12H2,1H3,(H,21,24)/t14-/m1/s1. The molecule has 2 amide bonds. The van der Waals surface area contributed by atoms with Crippen LogP contribution in [0.5, 0.6) is 0 Å². The molecule has 0 aromatic heterocycles. The second kappa shape index (κ2) is 7.99. The largest absolute Gasteiger partial charge is 0.377 e. The number of amides is 2. The molecule has 3 rings (SSSR count). The van der Waals surface area contributed by atoms with Gasteiger partial charge in [-0.1, -0.05) is 0 Å². The number of halogens is 2. The van der Waals surface area contributed by atoms with Crippen LogP contribution in [0.4, 0.5) is 25.0 Å². The summed E-state index contributed by atoms with van der Waals surface area (Å²) < 4.78 is 34.3. The van der Waals surface area contributed by atoms with E-state index in [1.54, 1.807) is 9.80 Å². The van der Waals surface area contributed by atoms with Gasteiger partial charge in [0.1, 0.15) is 5.69 Å². The van der Waals surface area contributed by atoms with E-state index in [9.17, 15) is 13.6 Å². The molecule has 1 N–H and O–H groups in total. The molecule has 2 heterocycles. The maximum absolute atomic E-state index is 14.4. The highest BCUT2D eigenvalue weighted by molar-refractivity contribution is 5.89. The Morgan fingerprint density at radius 1 is 1.20 bits per heavy atom. The van der Waals surface area contributed by atoms with Gasteiger partial charge in [-0.25, -0.2) is 13.6 Å². The Bertz CT molecular complexity index is 595. The summed E-state index contributed by atoms with van der Waals surface area (Å²) in [6.07, 6.45) is 3.68. The van der Waals surface area contributed by atoms with Gasteiger partial charge in [0, 0.05) is 38.5 Å². The van der Waals surface area contributed by atoms with Crippen LogP contribution in [-0.4, -0.2) is 49.8 Å². The quantitative estimate of drug-likeness (QED) is 0.900. The number of nitrogens with zero attached hydrogens (tertiary/aromatic N) is 2. The summed E-state index contributed by atoms with van der Waals surface area (Å²) in [5, 5.41) is 2.61. The fourth-order valence-corrected chi connectivity index (χ4v) is 3.58. The summed E-state index contributed by atoms with van der Waals surface area (Å²) in [4.78, 5) is 15.7. The zero-order valence-corrected chi connectivity index (χ0v) is 14.6. The van der Waals surface area contributed by atoms with Crippen molar-refractivity contribution in [3.63, 3.8) is 0 Å². The molecule has 0 bridgehead atoms. The number of hydrogen-bond donors (Lipinski definition) is 1. The van der Waals surface area contributed by atoms with Gasteiger partial charge in [0.25, 0.3) is 0 Å². The van der Waals surface area contributed by atoms with Gasteiger partial charge in [0.15, 0.2) is 11.6 Å². The van der Waals surface area contributed by atoms with Crippen molar-refractivity contribution < 1.29 is 18.3 Å². The van der Waals surface area contributed by atoms with Gasteiger partial charge >= 0.3 is 6.03 Å². The highest BCUT2D eigenvalue weighted by Crippen LogP contribution is 2.30. The minimum absolute atomic E-state index is 0.00452. The number of urea groups is 1. The van der Waals surface area contributed by atoms with Gasteiger partial charge in [0.2, 0.25) is 0 Å². The van der Waals surface area contributed by atoms with Crippen molar-refractivity contribution in [2.45, 2.75) is 38.7 Å². The third-order valence-corrected chi connectivity index (χ3v) is 4.76. The number of piperidine rings is 1. The molecular formula is C18H25F2N3O2. The maximum Gasteiger partial charge on any atom is 0.321 e. The zero-order valence-electron chi connectivity index (χ0n) is 14.6. The highest BCUT2D eigenvalue weighted by Gasteiger charge is 2.25. The molecule has 2 aliphatic rings. The number of anilines is 2. The van der Waals surface area contributed by atoms with Crippen molar-refractivity contribution in [1.29, 1.82) is 0 Å². The third-order valence-electron chi connectivity index (χ3n) is 4.76. The highest BCUT2D eigenvalue weighted by atomic mass is 19.1. The predicted molar refractivity (Wildman–Crippen MR) is 93.0 cm³/mol. The fourth-order valence-electron chi connectivity index (χ4n) is 3.58. The average Bonchev–Trinajstić information content (AvgIpc) is 3.09. The van der Waals surface area contributed by atoms with Gasteiger partial charge in [0.05, 0.1) is 6.10 Å². The molecule has 1 atom stereocenters. The van der Waals surface area contributed by atoms with Crippen LogP contribution in [0.2, 0.25) is 0 Å². The summed E-state index contributed by atoms with van der Waals surface area (Å²) in [6.45, 7) is 4.96. The molecule has 0 spiro atoms. The molecule has 0 radical (unpaired) electrons. The first-order valence-corrected chi connectivity index (χ1v) is 9.00. The molecule has 7 heteroatoms. The number of ether oxygens (including phenoxy) is 1. The number of carbonyl (C=O) groups is 1. The molecule has 1 aromatic carbocycles. The second-order valence-corrected chi connectivity index (χ2v) is 6.58. The average molecular weight is 353 g/mol. The van der Waals surface area contributed by atoms with Crippen LogP contribution >= 0.6 is 0 Å². The second-order valence-electron chi connectivity index (χ2n) is 6.58. The Morgan fingerprint density at radius 2 is 1.88 bits per heavy atom. The van der Waals surface area contributed by atoms with Crippen molar-refractivity contribution in [1.82, 2.24) is 4.90 Å². The third kappa shape index (κ3) is 4.21. The molecule has 2 aliphatic heterocycles. The first-order chi connectivity index (χ1) is 12.1. The van der Waals surface area contributed by atoms with Gasteiger partial charge in [-0.05, 0) is 44.7 Å². The minimum Gasteiger partial charge on any atom is -0.377 e. The topological polar surface area (TPSA) is 44.8 Å². The summed E-state index contributed by atoms with van der Waals surface area (Å²) in [5.41, 5.74) is 0.145. The zero-order chi connectivity index (χ0) is 17.8. The summed E-state index contributed by atoms with van der Waals surface area (Å²) in [5.74, 6) is -1.27. The molecule has 0 aliphatic carbocycles. The molecule has 138 valence electrons. The summed E-state index contributed by atoms with van der Waals surface area (Å²) in [6, 6.07) is 2.04. The Kier molecular flexibility index (Phi) is 5.73. The van der Waals surface area contributed by atoms with Gasteiger partial charge < -0.3 is 19.9 Å². The Balaban J connectivity index is 1.67. The van der Waals surface area contributed by atoms with E-state index in [2.05, 4.69) is 5.32 Å². The van der Waals surface area contributed by atoms with E-state index in [4.69, 9.17) is 4.74 Å². The van der Waals surface area contributed by atoms with E-state index >= 15 is 0 Å². The van der Waals surface area contributed by atoms with Crippen molar-refractivity contribution in [3.8, 4) is 0 Å². The van der Waals surface area contributed by atoms with Crippen molar-refractivity contribution in [3.05, 3.63) is 23.8 Å². The molecule has 5 nitrogen and oxygen atoms in total. The van der Waals surface area contributed by atoms with Crippen LogP contribution < -0.4 is 10.2 Å². The number of hydrogen-bond acceptors (Lipinski definition) is 3. The van der Waals surface area contributed by atoms with Crippen LogP contribution in [0.25, 0.3) is 0 Å². The molecular weight excluding hydrogens is 328 g/mol. The number of nitrogens with one attached hydrogen (secondary N) is 1. The van der Waals surface area contributed by atoms with Crippen LogP contribution in [0.15, 0.2) is 12.1 Å². The lowest BCUT2D eigenvalue weighted by Gasteiger charge is -2.32. The van der Waals surface area contributed by atoms with Gasteiger partial charge in [-0.15, -0.1) is 0 Å². The predicted octanol–water partition coefficient (Wildman–Crippen LogP) is 3.60. The lowest BCUT2D eigenvalue weighted by Crippen LogP contribution is -2.45. The van der Waals surface area contributed by atoms with E-state index in [0.717, 1.165) is 25.7 Å². The number of likely N-dealkylation sites (tertiary alicyclic amines) is 1. The maximum atomic E-state index is 14.4. The van der Waals surface area contributed by atoms with Gasteiger partial charge in [-0.3, -0.25) is 0 Å². The molecule has 25 heavy (non-hydrogen) atoms. The van der Waals surface area contributed by atoms with Gasteiger partial charge in [-0.2, -0.15) is 0 Å². The Morgan fingerprint density at radius 3 is 2.52 bits per heavy atom. The van der Waals surface area contributed by atoms with E-state index in [0.29, 0.717) is 32.8 Å². The lowest BCUT2D eigenvalue weighted by molar-refractivity contribution is 0.0181. The Labute approximate surface area is 146 Å². The summed E-state index contributed by atoms with van der Waals surface area (Å²) in [7, 11) is 0. The van der Waals surface area contributed by atoms with Crippen LogP contribution in [0.3, 0.4) is 0 Å².